The van der Waals surface area contributed by atoms with Crippen LogP contribution in [0.25, 0.3) is 11.0 Å². The Kier molecular flexibility index (Phi) is 16.4. The molecule has 0 spiro atoms. The Balaban J connectivity index is 1.51. The van der Waals surface area contributed by atoms with Gasteiger partial charge in [-0.1, -0.05) is 0 Å². The summed E-state index contributed by atoms with van der Waals surface area (Å²) in [5.41, 5.74) is 7.90. The van der Waals surface area contributed by atoms with Crippen molar-refractivity contribution >= 4 is 44.6 Å². The number of benzene rings is 1. The topological polar surface area (TPSA) is 316 Å². The Hall–Kier alpha value is -3.45. The van der Waals surface area contributed by atoms with E-state index in [9.17, 15) is 60.7 Å². The van der Waals surface area contributed by atoms with Crippen LogP contribution >= 0.6 is 15.9 Å². The Morgan fingerprint density at radius 1 is 0.929 bits per heavy atom. The van der Waals surface area contributed by atoms with Gasteiger partial charge in [0.25, 0.3) is 17.6 Å². The average molecular weight is 859 g/mol. The normalized spacial score (nSPS) is 18.4. The molecule has 1 aliphatic rings. The van der Waals surface area contributed by atoms with Crippen molar-refractivity contribution in [2.75, 3.05) is 45.1 Å². The Labute approximate surface area is 331 Å². The van der Waals surface area contributed by atoms with E-state index in [0.29, 0.717) is 36.1 Å². The number of nitrogen functional groups attached to an aromatic ring is 1. The van der Waals surface area contributed by atoms with Crippen LogP contribution in [-0.4, -0.2) is 181 Å². The van der Waals surface area contributed by atoms with Gasteiger partial charge in [0.05, 0.1) is 44.7 Å². The van der Waals surface area contributed by atoms with Crippen molar-refractivity contribution in [3.05, 3.63) is 46.1 Å². The fraction of sp³-hybridized carbons (Fsp3) is 0.629. The van der Waals surface area contributed by atoms with Gasteiger partial charge in [-0.3, -0.25) is 14.5 Å². The standard InChI is InChI=1S/C35H53BrN8O12/c1-3-43-20-6-5-18(11-21(20)44(4-2)27(43)13-39-34(55)28-33(37)38-12-26(36)40-28)35(56)41-9-7-19(8-10-41)42(14-22(47)29(51)31(53)24(49)16-45)15-23(48)30(52)32(54)25(50)17-46/h5-6,11-12,19,22-25,29-32,45-54H,3-4,7-10,13-17H2,1-2H3,(H2-,37,38,39,55)/p+1. The minimum atomic E-state index is -1.91. The lowest BCUT2D eigenvalue weighted by atomic mass is 9.97. The molecule has 1 fully saturated rings. The maximum atomic E-state index is 13.9. The predicted molar refractivity (Wildman–Crippen MR) is 202 cm³/mol. The summed E-state index contributed by atoms with van der Waals surface area (Å²) in [5.74, 6) is 0.0111. The predicted octanol–water partition coefficient (Wildman–Crippen LogP) is -4.19. The highest BCUT2D eigenvalue weighted by Gasteiger charge is 2.38. The van der Waals surface area contributed by atoms with E-state index in [2.05, 4.69) is 31.2 Å². The molecular formula is C35H54BrN8O12+. The Morgan fingerprint density at radius 2 is 1.48 bits per heavy atom. The second-order valence-corrected chi connectivity index (χ2v) is 14.6. The zero-order chi connectivity index (χ0) is 41.4. The van der Waals surface area contributed by atoms with E-state index in [1.54, 1.807) is 17.0 Å². The molecular weight excluding hydrogens is 804 g/mol. The molecule has 1 aliphatic heterocycles. The number of amides is 2. The van der Waals surface area contributed by atoms with Crippen molar-refractivity contribution < 1.29 is 65.2 Å². The maximum Gasteiger partial charge on any atom is 0.277 e. The van der Waals surface area contributed by atoms with Crippen LogP contribution in [0.1, 0.15) is 53.4 Å². The number of nitrogens with one attached hydrogen (secondary N) is 1. The third kappa shape index (κ3) is 10.3. The Morgan fingerprint density at radius 3 is 2.00 bits per heavy atom. The van der Waals surface area contributed by atoms with Gasteiger partial charge in [-0.15, -0.1) is 0 Å². The smallest absolute Gasteiger partial charge is 0.277 e. The first-order chi connectivity index (χ1) is 26.6. The van der Waals surface area contributed by atoms with Gasteiger partial charge >= 0.3 is 0 Å². The van der Waals surface area contributed by atoms with Gasteiger partial charge < -0.3 is 67.0 Å². The molecule has 56 heavy (non-hydrogen) atoms. The fourth-order valence-corrected chi connectivity index (χ4v) is 7.30. The van der Waals surface area contributed by atoms with Crippen LogP contribution in [0.5, 0.6) is 0 Å². The lowest BCUT2D eigenvalue weighted by molar-refractivity contribution is -0.676. The number of piperidine rings is 1. The van der Waals surface area contributed by atoms with E-state index < -0.39 is 87.1 Å². The molecule has 13 N–H and O–H groups in total. The number of aryl methyl sites for hydroxylation is 2. The molecule has 0 aliphatic carbocycles. The van der Waals surface area contributed by atoms with Crippen molar-refractivity contribution in [1.82, 2.24) is 29.7 Å². The third-order valence-corrected chi connectivity index (χ3v) is 10.6. The second-order valence-electron chi connectivity index (χ2n) is 13.8. The lowest BCUT2D eigenvalue weighted by Gasteiger charge is -2.41. The first-order valence-corrected chi connectivity index (χ1v) is 19.2. The molecule has 21 heteroatoms. The number of rotatable bonds is 19. The molecule has 4 rings (SSSR count). The van der Waals surface area contributed by atoms with Gasteiger partial charge in [0, 0.05) is 43.9 Å². The first kappa shape index (κ1) is 45.3. The number of hydrogen-bond donors (Lipinski definition) is 12. The van der Waals surface area contributed by atoms with E-state index >= 15 is 0 Å². The molecule has 8 atom stereocenters. The van der Waals surface area contributed by atoms with Gasteiger partial charge in [-0.25, -0.2) is 19.1 Å². The summed E-state index contributed by atoms with van der Waals surface area (Å²) in [4.78, 5) is 38.1. The van der Waals surface area contributed by atoms with E-state index in [1.807, 2.05) is 29.0 Å². The largest absolute Gasteiger partial charge is 0.394 e. The summed E-state index contributed by atoms with van der Waals surface area (Å²) in [6.07, 6.45) is -12.5. The van der Waals surface area contributed by atoms with Crippen molar-refractivity contribution in [2.24, 2.45) is 0 Å². The van der Waals surface area contributed by atoms with Crippen LogP contribution in [0.15, 0.2) is 29.0 Å². The van der Waals surface area contributed by atoms with Gasteiger partial charge in [-0.2, -0.15) is 0 Å². The van der Waals surface area contributed by atoms with Gasteiger partial charge in [0.2, 0.25) is 0 Å². The molecule has 1 saturated heterocycles. The minimum Gasteiger partial charge on any atom is -0.394 e. The summed E-state index contributed by atoms with van der Waals surface area (Å²) in [6.45, 7) is 3.06. The van der Waals surface area contributed by atoms with Crippen LogP contribution in [0.4, 0.5) is 5.82 Å². The number of hydrogen-bond acceptors (Lipinski definition) is 16. The summed E-state index contributed by atoms with van der Waals surface area (Å²) in [5, 5.41) is 104. The van der Waals surface area contributed by atoms with Crippen molar-refractivity contribution in [3.8, 4) is 0 Å². The summed E-state index contributed by atoms with van der Waals surface area (Å²) >= 11 is 3.20. The summed E-state index contributed by atoms with van der Waals surface area (Å²) in [6, 6.07) is 4.91. The first-order valence-electron chi connectivity index (χ1n) is 18.4. The van der Waals surface area contributed by atoms with Crippen molar-refractivity contribution in [1.29, 1.82) is 0 Å². The number of carbonyl (C=O) groups is 2. The quantitative estimate of drug-likeness (QED) is 0.0509. The van der Waals surface area contributed by atoms with Crippen molar-refractivity contribution in [2.45, 2.75) is 101 Å². The van der Waals surface area contributed by atoms with Crippen LogP contribution < -0.4 is 15.6 Å². The number of anilines is 1. The third-order valence-electron chi connectivity index (χ3n) is 10.2. The van der Waals surface area contributed by atoms with E-state index in [0.717, 1.165) is 16.9 Å². The number of aliphatic hydroxyl groups is 10. The minimum absolute atomic E-state index is 0.0117. The number of imidazole rings is 1. The van der Waals surface area contributed by atoms with Gasteiger partial charge in [0.15, 0.2) is 22.5 Å². The monoisotopic (exact) mass is 857 g/mol. The number of likely N-dealkylation sites (tertiary alicyclic amines) is 1. The molecule has 8 unspecified atom stereocenters. The molecule has 3 aromatic rings. The number of aromatic nitrogens is 4. The summed E-state index contributed by atoms with van der Waals surface area (Å²) in [7, 11) is 0. The molecule has 0 bridgehead atoms. The van der Waals surface area contributed by atoms with Crippen molar-refractivity contribution in [3.63, 3.8) is 0 Å². The van der Waals surface area contributed by atoms with E-state index in [4.69, 9.17) is 5.73 Å². The van der Waals surface area contributed by atoms with Crippen LogP contribution in [0.3, 0.4) is 0 Å². The zero-order valence-electron chi connectivity index (χ0n) is 31.2. The highest BCUT2D eigenvalue weighted by Crippen LogP contribution is 2.24. The maximum absolute atomic E-state index is 13.9. The highest BCUT2D eigenvalue weighted by atomic mass is 79.9. The van der Waals surface area contributed by atoms with Crippen LogP contribution in [0, 0.1) is 0 Å². The van der Waals surface area contributed by atoms with Gasteiger partial charge in [0.1, 0.15) is 47.8 Å². The van der Waals surface area contributed by atoms with E-state index in [-0.39, 0.29) is 37.1 Å². The molecule has 312 valence electrons. The summed E-state index contributed by atoms with van der Waals surface area (Å²) < 4.78 is 4.40. The Bertz CT molecular complexity index is 1750. The second kappa shape index (κ2) is 20.3. The molecule has 2 amide bonds. The molecule has 3 heterocycles. The molecule has 20 nitrogen and oxygen atoms in total. The number of halogens is 1. The van der Waals surface area contributed by atoms with Crippen LogP contribution in [-0.2, 0) is 19.6 Å². The van der Waals surface area contributed by atoms with E-state index in [1.165, 1.54) is 11.1 Å². The number of nitrogens with two attached hydrogens (primary N) is 1. The SMILES string of the molecule is CCn1c(CNC(=O)c2nc(Br)cnc2N)[n+](CC)c2ccc(C(=O)N3CCC(N(CC(O)C(O)C(O)C(O)CO)CC(O)C(O)C(O)C(O)CO)CC3)cc21. The highest BCUT2D eigenvalue weighted by molar-refractivity contribution is 9.10. The number of carbonyl (C=O) groups excluding carboxylic acids is 2. The number of aliphatic hydroxyl groups excluding tert-OH is 10. The van der Waals surface area contributed by atoms with Crippen LogP contribution in [0.2, 0.25) is 0 Å². The van der Waals surface area contributed by atoms with Gasteiger partial charge in [-0.05, 0) is 54.8 Å². The lowest BCUT2D eigenvalue weighted by Crippen LogP contribution is -2.56. The molecule has 2 aromatic heterocycles. The molecule has 0 saturated carbocycles. The average Bonchev–Trinajstić information content (AvgIpc) is 3.52. The zero-order valence-corrected chi connectivity index (χ0v) is 32.8. The molecule has 0 radical (unpaired) electrons. The fourth-order valence-electron chi connectivity index (χ4n) is 7.02. The molecule has 1 aromatic carbocycles. The number of nitrogens with zero attached hydrogens (tertiary/aromatic N) is 6. The number of fused-ring (bicyclic) bond motifs is 1.